The van der Waals surface area contributed by atoms with Crippen LogP contribution in [0.2, 0.25) is 0 Å². The van der Waals surface area contributed by atoms with Crippen LogP contribution in [-0.4, -0.2) is 19.0 Å². The number of aryl methyl sites for hydroxylation is 1. The van der Waals surface area contributed by atoms with E-state index in [9.17, 15) is 4.79 Å². The fraction of sp³-hybridized carbons (Fsp3) is 0.174. The van der Waals surface area contributed by atoms with E-state index in [0.29, 0.717) is 18.7 Å². The average molecular weight is 344 g/mol. The van der Waals surface area contributed by atoms with Gasteiger partial charge in [-0.15, -0.1) is 0 Å². The van der Waals surface area contributed by atoms with Crippen LogP contribution in [0.4, 0.5) is 0 Å². The van der Waals surface area contributed by atoms with Crippen molar-refractivity contribution in [1.82, 2.24) is 5.32 Å². The molecule has 3 nitrogen and oxygen atoms in total. The molecule has 0 atom stereocenters. The van der Waals surface area contributed by atoms with Crippen molar-refractivity contribution in [2.75, 3.05) is 13.1 Å². The third kappa shape index (κ3) is 4.19. The van der Waals surface area contributed by atoms with Crippen LogP contribution in [0.3, 0.4) is 0 Å². The Morgan fingerprint density at radius 3 is 2.23 bits per heavy atom. The highest BCUT2D eigenvalue weighted by molar-refractivity contribution is 5.95. The molecular weight excluding hydrogens is 320 g/mol. The van der Waals surface area contributed by atoms with Gasteiger partial charge in [-0.05, 0) is 59.8 Å². The lowest BCUT2D eigenvalue weighted by Gasteiger charge is -2.11. The largest absolute Gasteiger partial charge is 0.352 e. The predicted octanol–water partition coefficient (Wildman–Crippen LogP) is 4.41. The van der Waals surface area contributed by atoms with Crippen LogP contribution in [0.1, 0.15) is 22.3 Å². The first-order chi connectivity index (χ1) is 12.7. The molecule has 0 heterocycles. The van der Waals surface area contributed by atoms with Crippen molar-refractivity contribution in [2.24, 2.45) is 5.73 Å². The Hall–Kier alpha value is -2.91. The van der Waals surface area contributed by atoms with Gasteiger partial charge in [-0.2, -0.15) is 0 Å². The maximum absolute atomic E-state index is 12.3. The molecule has 0 aliphatic carbocycles. The summed E-state index contributed by atoms with van der Waals surface area (Å²) in [4.78, 5) is 12.3. The van der Waals surface area contributed by atoms with E-state index in [1.807, 2.05) is 36.4 Å². The van der Waals surface area contributed by atoms with Crippen LogP contribution in [0.25, 0.3) is 22.3 Å². The minimum Gasteiger partial charge on any atom is -0.352 e. The van der Waals surface area contributed by atoms with E-state index in [4.69, 9.17) is 5.73 Å². The van der Waals surface area contributed by atoms with Crippen molar-refractivity contribution in [1.29, 1.82) is 0 Å². The SMILES string of the molecule is Cc1ccc(C(=O)NCCCN)cc1-c1ccc(-c2ccccc2)cc1. The van der Waals surface area contributed by atoms with Crippen molar-refractivity contribution in [3.63, 3.8) is 0 Å². The van der Waals surface area contributed by atoms with Gasteiger partial charge in [0.1, 0.15) is 0 Å². The maximum Gasteiger partial charge on any atom is 0.251 e. The molecular formula is C23H24N2O. The number of hydrogen-bond donors (Lipinski definition) is 2. The van der Waals surface area contributed by atoms with Crippen molar-refractivity contribution in [3.05, 3.63) is 83.9 Å². The fourth-order valence-electron chi connectivity index (χ4n) is 2.95. The summed E-state index contributed by atoms with van der Waals surface area (Å²) in [5.74, 6) is -0.0550. The molecule has 0 radical (unpaired) electrons. The van der Waals surface area contributed by atoms with E-state index < -0.39 is 0 Å². The molecule has 0 bridgehead atoms. The van der Waals surface area contributed by atoms with E-state index in [1.54, 1.807) is 0 Å². The fourth-order valence-corrected chi connectivity index (χ4v) is 2.95. The summed E-state index contributed by atoms with van der Waals surface area (Å²) >= 11 is 0. The Morgan fingerprint density at radius 2 is 1.54 bits per heavy atom. The van der Waals surface area contributed by atoms with Gasteiger partial charge in [0.05, 0.1) is 0 Å². The zero-order valence-electron chi connectivity index (χ0n) is 15.0. The molecule has 0 aliphatic rings. The number of carbonyl (C=O) groups is 1. The van der Waals surface area contributed by atoms with Gasteiger partial charge in [0, 0.05) is 12.1 Å². The quantitative estimate of drug-likeness (QED) is 0.651. The summed E-state index contributed by atoms with van der Waals surface area (Å²) < 4.78 is 0. The Labute approximate surface area is 154 Å². The molecule has 26 heavy (non-hydrogen) atoms. The number of carbonyl (C=O) groups excluding carboxylic acids is 1. The molecule has 3 heteroatoms. The second-order valence-corrected chi connectivity index (χ2v) is 6.37. The van der Waals surface area contributed by atoms with Gasteiger partial charge in [0.25, 0.3) is 5.91 Å². The Bertz CT molecular complexity index is 870. The molecule has 3 N–H and O–H groups in total. The summed E-state index contributed by atoms with van der Waals surface area (Å²) in [6.45, 7) is 3.24. The molecule has 0 fully saturated rings. The summed E-state index contributed by atoms with van der Waals surface area (Å²) in [6.07, 6.45) is 0.783. The third-order valence-corrected chi connectivity index (χ3v) is 4.47. The molecule has 132 valence electrons. The maximum atomic E-state index is 12.3. The zero-order chi connectivity index (χ0) is 18.4. The first-order valence-electron chi connectivity index (χ1n) is 8.94. The van der Waals surface area contributed by atoms with Gasteiger partial charge < -0.3 is 11.1 Å². The van der Waals surface area contributed by atoms with E-state index in [2.05, 4.69) is 48.6 Å². The molecule has 1 amide bonds. The van der Waals surface area contributed by atoms with Crippen molar-refractivity contribution < 1.29 is 4.79 Å². The molecule has 0 aromatic heterocycles. The van der Waals surface area contributed by atoms with Gasteiger partial charge in [0.15, 0.2) is 0 Å². The summed E-state index contributed by atoms with van der Waals surface area (Å²) in [5, 5.41) is 2.91. The first-order valence-corrected chi connectivity index (χ1v) is 8.94. The van der Waals surface area contributed by atoms with Crippen molar-refractivity contribution in [3.8, 4) is 22.3 Å². The third-order valence-electron chi connectivity index (χ3n) is 4.47. The van der Waals surface area contributed by atoms with Crippen LogP contribution in [0.15, 0.2) is 72.8 Å². The Morgan fingerprint density at radius 1 is 0.885 bits per heavy atom. The molecule has 3 aromatic carbocycles. The molecule has 0 saturated carbocycles. The number of rotatable bonds is 6. The van der Waals surface area contributed by atoms with E-state index in [-0.39, 0.29) is 5.91 Å². The second-order valence-electron chi connectivity index (χ2n) is 6.37. The molecule has 0 aliphatic heterocycles. The van der Waals surface area contributed by atoms with Gasteiger partial charge >= 0.3 is 0 Å². The highest BCUT2D eigenvalue weighted by Gasteiger charge is 2.09. The molecule has 3 rings (SSSR count). The highest BCUT2D eigenvalue weighted by atomic mass is 16.1. The lowest BCUT2D eigenvalue weighted by molar-refractivity contribution is 0.0953. The minimum atomic E-state index is -0.0550. The number of amides is 1. The van der Waals surface area contributed by atoms with Crippen LogP contribution in [-0.2, 0) is 0 Å². The second kappa shape index (κ2) is 8.45. The van der Waals surface area contributed by atoms with E-state index in [0.717, 1.165) is 23.1 Å². The standard InChI is InChI=1S/C23H24N2O/c1-17-8-9-21(23(26)25-15-5-14-24)16-22(17)20-12-10-19(11-13-20)18-6-3-2-4-7-18/h2-4,6-13,16H,5,14-15,24H2,1H3,(H,25,26). The van der Waals surface area contributed by atoms with Gasteiger partial charge in [-0.3, -0.25) is 4.79 Å². The van der Waals surface area contributed by atoms with Crippen LogP contribution < -0.4 is 11.1 Å². The summed E-state index contributed by atoms with van der Waals surface area (Å²) in [7, 11) is 0. The lowest BCUT2D eigenvalue weighted by Crippen LogP contribution is -2.25. The monoisotopic (exact) mass is 344 g/mol. The number of nitrogens with one attached hydrogen (secondary N) is 1. The number of nitrogens with two attached hydrogens (primary N) is 1. The smallest absolute Gasteiger partial charge is 0.251 e. The molecule has 0 saturated heterocycles. The Kier molecular flexibility index (Phi) is 5.82. The topological polar surface area (TPSA) is 55.1 Å². The van der Waals surface area contributed by atoms with Crippen LogP contribution in [0, 0.1) is 6.92 Å². The summed E-state index contributed by atoms with van der Waals surface area (Å²) in [5.41, 5.74) is 11.9. The van der Waals surface area contributed by atoms with Crippen LogP contribution in [0.5, 0.6) is 0 Å². The van der Waals surface area contributed by atoms with E-state index >= 15 is 0 Å². The zero-order valence-corrected chi connectivity index (χ0v) is 15.0. The van der Waals surface area contributed by atoms with Gasteiger partial charge in [-0.1, -0.05) is 60.7 Å². The average Bonchev–Trinajstić information content (AvgIpc) is 2.69. The lowest BCUT2D eigenvalue weighted by atomic mass is 9.96. The predicted molar refractivity (Wildman–Crippen MR) is 108 cm³/mol. The number of benzene rings is 3. The molecule has 0 spiro atoms. The summed E-state index contributed by atoms with van der Waals surface area (Å²) in [6, 6.07) is 24.6. The number of hydrogen-bond acceptors (Lipinski definition) is 2. The highest BCUT2D eigenvalue weighted by Crippen LogP contribution is 2.27. The van der Waals surface area contributed by atoms with Crippen molar-refractivity contribution in [2.45, 2.75) is 13.3 Å². The first kappa shape index (κ1) is 17.9. The molecule has 0 unspecified atom stereocenters. The van der Waals surface area contributed by atoms with Gasteiger partial charge in [0.2, 0.25) is 0 Å². The van der Waals surface area contributed by atoms with Crippen molar-refractivity contribution >= 4 is 5.91 Å². The Balaban J connectivity index is 1.84. The molecule has 3 aromatic rings. The normalized spacial score (nSPS) is 10.5. The van der Waals surface area contributed by atoms with E-state index in [1.165, 1.54) is 11.1 Å². The minimum absolute atomic E-state index is 0.0550. The van der Waals surface area contributed by atoms with Crippen LogP contribution >= 0.6 is 0 Å². The van der Waals surface area contributed by atoms with Gasteiger partial charge in [-0.25, -0.2) is 0 Å².